The molecule has 3 rings (SSSR count). The normalized spacial score (nSPS) is 10.4. The van der Waals surface area contributed by atoms with Crippen LogP contribution in [0.5, 0.6) is 5.75 Å². The summed E-state index contributed by atoms with van der Waals surface area (Å²) < 4.78 is 7.65. The number of hydrogen-bond donors (Lipinski definition) is 1. The number of ether oxygens (including phenoxy) is 1. The molecule has 1 N–H and O–H groups in total. The van der Waals surface area contributed by atoms with Crippen LogP contribution in [0.1, 0.15) is 5.69 Å². The number of rotatable bonds is 5. The third-order valence-corrected chi connectivity index (χ3v) is 3.11. The van der Waals surface area contributed by atoms with E-state index in [9.17, 15) is 4.79 Å². The molecule has 0 saturated heterocycles. The van der Waals surface area contributed by atoms with Gasteiger partial charge < -0.3 is 14.5 Å². The van der Waals surface area contributed by atoms with Gasteiger partial charge in [0.15, 0.2) is 0 Å². The number of carbonyl (C=O) groups excluding carboxylic acids is 1. The highest BCUT2D eigenvalue weighted by molar-refractivity contribution is 5.98. The molecule has 0 radical (unpaired) electrons. The fourth-order valence-electron chi connectivity index (χ4n) is 2.04. The Hall–Kier alpha value is -3.08. The van der Waals surface area contributed by atoms with Crippen LogP contribution in [0.25, 0.3) is 5.65 Å². The van der Waals surface area contributed by atoms with E-state index in [-0.39, 0.29) is 5.91 Å². The predicted octanol–water partition coefficient (Wildman–Crippen LogP) is 3.04. The van der Waals surface area contributed by atoms with Crippen LogP contribution in [-0.4, -0.2) is 15.3 Å². The van der Waals surface area contributed by atoms with Crippen LogP contribution in [0.4, 0.5) is 5.69 Å². The number of fused-ring (bicyclic) bond motifs is 1. The molecule has 22 heavy (non-hydrogen) atoms. The maximum absolute atomic E-state index is 11.2. The minimum Gasteiger partial charge on any atom is -0.487 e. The Bertz CT molecular complexity index is 773. The number of amides is 1. The Kier molecular flexibility index (Phi) is 3.87. The van der Waals surface area contributed by atoms with Crippen molar-refractivity contribution in [2.75, 3.05) is 5.32 Å². The van der Waals surface area contributed by atoms with Crippen molar-refractivity contribution in [2.24, 2.45) is 0 Å². The molecule has 1 amide bonds. The van der Waals surface area contributed by atoms with Crippen LogP contribution in [0.15, 0.2) is 67.5 Å². The first-order valence-corrected chi connectivity index (χ1v) is 6.83. The third kappa shape index (κ3) is 3.15. The summed E-state index contributed by atoms with van der Waals surface area (Å²) in [5, 5.41) is 2.68. The summed E-state index contributed by atoms with van der Waals surface area (Å²) in [6.07, 6.45) is 5.12. The third-order valence-electron chi connectivity index (χ3n) is 3.11. The maximum atomic E-state index is 11.2. The molecule has 1 aromatic carbocycles. The number of nitrogens with zero attached hydrogens (tertiary/aromatic N) is 2. The van der Waals surface area contributed by atoms with Gasteiger partial charge in [0.25, 0.3) is 0 Å². The van der Waals surface area contributed by atoms with Gasteiger partial charge in [-0.15, -0.1) is 0 Å². The number of nitrogens with one attached hydrogen (secondary N) is 1. The van der Waals surface area contributed by atoms with Gasteiger partial charge in [-0.05, 0) is 42.5 Å². The smallest absolute Gasteiger partial charge is 0.247 e. The van der Waals surface area contributed by atoms with Gasteiger partial charge in [0.2, 0.25) is 5.91 Å². The summed E-state index contributed by atoms with van der Waals surface area (Å²) in [6.45, 7) is 3.80. The lowest BCUT2D eigenvalue weighted by Gasteiger charge is -2.06. The molecule has 0 aliphatic carbocycles. The minimum atomic E-state index is -0.238. The molecule has 0 unspecified atom stereocenters. The summed E-state index contributed by atoms with van der Waals surface area (Å²) >= 11 is 0. The van der Waals surface area contributed by atoms with E-state index < -0.39 is 0 Å². The maximum Gasteiger partial charge on any atom is 0.247 e. The molecular weight excluding hydrogens is 278 g/mol. The second-order valence-electron chi connectivity index (χ2n) is 4.70. The zero-order valence-corrected chi connectivity index (χ0v) is 11.9. The summed E-state index contributed by atoms with van der Waals surface area (Å²) in [5.74, 6) is 0.479. The van der Waals surface area contributed by atoms with Crippen LogP contribution in [0, 0.1) is 0 Å². The summed E-state index contributed by atoms with van der Waals surface area (Å²) in [4.78, 5) is 15.7. The first-order chi connectivity index (χ1) is 10.7. The first-order valence-electron chi connectivity index (χ1n) is 6.83. The van der Waals surface area contributed by atoms with Crippen LogP contribution in [0.2, 0.25) is 0 Å². The zero-order valence-electron chi connectivity index (χ0n) is 11.9. The highest BCUT2D eigenvalue weighted by Crippen LogP contribution is 2.17. The minimum absolute atomic E-state index is 0.238. The van der Waals surface area contributed by atoms with Crippen molar-refractivity contribution in [2.45, 2.75) is 6.61 Å². The molecule has 0 fully saturated rings. The number of aromatic nitrogens is 2. The second-order valence-corrected chi connectivity index (χ2v) is 4.70. The Morgan fingerprint density at radius 3 is 2.82 bits per heavy atom. The van der Waals surface area contributed by atoms with Crippen molar-refractivity contribution < 1.29 is 9.53 Å². The van der Waals surface area contributed by atoms with Crippen molar-refractivity contribution in [3.63, 3.8) is 0 Å². The number of benzene rings is 1. The van der Waals surface area contributed by atoms with E-state index >= 15 is 0 Å². The van der Waals surface area contributed by atoms with Crippen molar-refractivity contribution in [3.8, 4) is 5.75 Å². The SMILES string of the molecule is C=CC(=O)Nc1ccc(OCc2cn3ccccc3n2)cc1. The summed E-state index contributed by atoms with van der Waals surface area (Å²) in [6, 6.07) is 13.0. The Morgan fingerprint density at radius 1 is 1.27 bits per heavy atom. The zero-order chi connectivity index (χ0) is 15.4. The lowest BCUT2D eigenvalue weighted by Crippen LogP contribution is -2.06. The molecule has 0 saturated carbocycles. The lowest BCUT2D eigenvalue weighted by atomic mass is 10.3. The number of carbonyl (C=O) groups is 1. The van der Waals surface area contributed by atoms with E-state index in [4.69, 9.17) is 4.74 Å². The molecule has 0 spiro atoms. The van der Waals surface area contributed by atoms with E-state index in [0.29, 0.717) is 18.0 Å². The topological polar surface area (TPSA) is 55.6 Å². The van der Waals surface area contributed by atoms with Gasteiger partial charge in [0.05, 0.1) is 5.69 Å². The molecule has 0 aliphatic heterocycles. The highest BCUT2D eigenvalue weighted by atomic mass is 16.5. The number of hydrogen-bond acceptors (Lipinski definition) is 3. The van der Waals surface area contributed by atoms with Crippen LogP contribution in [0.3, 0.4) is 0 Å². The Labute approximate surface area is 127 Å². The van der Waals surface area contributed by atoms with Gasteiger partial charge >= 0.3 is 0 Å². The molecular formula is C17H15N3O2. The largest absolute Gasteiger partial charge is 0.487 e. The lowest BCUT2D eigenvalue weighted by molar-refractivity contribution is -0.111. The summed E-state index contributed by atoms with van der Waals surface area (Å²) in [5.41, 5.74) is 2.45. The molecule has 110 valence electrons. The van der Waals surface area contributed by atoms with Crippen LogP contribution >= 0.6 is 0 Å². The van der Waals surface area contributed by atoms with Crippen molar-refractivity contribution in [3.05, 3.63) is 73.2 Å². The molecule has 0 bridgehead atoms. The van der Waals surface area contributed by atoms with E-state index in [1.165, 1.54) is 6.08 Å². The van der Waals surface area contributed by atoms with Gasteiger partial charge in [-0.2, -0.15) is 0 Å². The molecule has 5 nitrogen and oxygen atoms in total. The highest BCUT2D eigenvalue weighted by Gasteiger charge is 2.03. The van der Waals surface area contributed by atoms with Crippen LogP contribution < -0.4 is 10.1 Å². The van der Waals surface area contributed by atoms with E-state index in [1.807, 2.05) is 35.0 Å². The average Bonchev–Trinajstić information content (AvgIpc) is 2.97. The Balaban J connectivity index is 1.63. The fourth-order valence-corrected chi connectivity index (χ4v) is 2.04. The Morgan fingerprint density at radius 2 is 2.09 bits per heavy atom. The van der Waals surface area contributed by atoms with Crippen LogP contribution in [-0.2, 0) is 11.4 Å². The summed E-state index contributed by atoms with van der Waals surface area (Å²) in [7, 11) is 0. The molecule has 2 aromatic heterocycles. The molecule has 3 aromatic rings. The quantitative estimate of drug-likeness (QED) is 0.736. The monoisotopic (exact) mass is 293 g/mol. The first kappa shape index (κ1) is 13.9. The standard InChI is InChI=1S/C17H15N3O2/c1-2-17(21)19-13-6-8-15(9-7-13)22-12-14-11-20-10-4-3-5-16(20)18-14/h2-11H,1,12H2,(H,19,21). The number of imidazole rings is 1. The van der Waals surface area contributed by atoms with Gasteiger partial charge in [-0.1, -0.05) is 12.6 Å². The van der Waals surface area contributed by atoms with Crippen molar-refractivity contribution in [1.29, 1.82) is 0 Å². The molecule has 0 aliphatic rings. The van der Waals surface area contributed by atoms with E-state index in [2.05, 4.69) is 16.9 Å². The van der Waals surface area contributed by atoms with Gasteiger partial charge in [0.1, 0.15) is 18.0 Å². The van der Waals surface area contributed by atoms with E-state index in [0.717, 1.165) is 11.3 Å². The van der Waals surface area contributed by atoms with Crippen molar-refractivity contribution >= 4 is 17.2 Å². The number of pyridine rings is 1. The molecule has 5 heteroatoms. The second kappa shape index (κ2) is 6.13. The fraction of sp³-hybridized carbons (Fsp3) is 0.0588. The average molecular weight is 293 g/mol. The van der Waals surface area contributed by atoms with E-state index in [1.54, 1.807) is 24.3 Å². The van der Waals surface area contributed by atoms with Gasteiger partial charge in [0, 0.05) is 18.1 Å². The van der Waals surface area contributed by atoms with Crippen molar-refractivity contribution in [1.82, 2.24) is 9.38 Å². The molecule has 2 heterocycles. The van der Waals surface area contributed by atoms with Gasteiger partial charge in [-0.25, -0.2) is 4.98 Å². The van der Waals surface area contributed by atoms with Gasteiger partial charge in [-0.3, -0.25) is 4.79 Å². The molecule has 0 atom stereocenters. The number of anilines is 1. The predicted molar refractivity (Wildman–Crippen MR) is 84.8 cm³/mol.